The van der Waals surface area contributed by atoms with Gasteiger partial charge in [-0.2, -0.15) is 0 Å². The van der Waals surface area contributed by atoms with Crippen LogP contribution in [-0.4, -0.2) is 29.9 Å². The SMILES string of the molecule is CCc1ccc(NC(=O)C(C)SCC(=O)Nc2cc(C)c(Cl)cc2OC)cc1. The van der Waals surface area contributed by atoms with Crippen molar-refractivity contribution in [3.63, 3.8) is 0 Å². The Morgan fingerprint density at radius 2 is 1.86 bits per heavy atom. The summed E-state index contributed by atoms with van der Waals surface area (Å²) < 4.78 is 5.26. The molecule has 0 fully saturated rings. The number of carbonyl (C=O) groups is 2. The van der Waals surface area contributed by atoms with Crippen molar-refractivity contribution in [1.82, 2.24) is 0 Å². The Bertz CT molecular complexity index is 840. The first kappa shape index (κ1) is 22.1. The molecule has 0 aliphatic rings. The van der Waals surface area contributed by atoms with Crippen molar-refractivity contribution in [2.75, 3.05) is 23.5 Å². The third-order valence-corrected chi connectivity index (χ3v) is 5.77. The van der Waals surface area contributed by atoms with Crippen LogP contribution in [0.25, 0.3) is 0 Å². The highest BCUT2D eigenvalue weighted by atomic mass is 35.5. The van der Waals surface area contributed by atoms with Crippen LogP contribution in [0, 0.1) is 6.92 Å². The van der Waals surface area contributed by atoms with E-state index in [9.17, 15) is 9.59 Å². The van der Waals surface area contributed by atoms with Crippen LogP contribution in [-0.2, 0) is 16.0 Å². The van der Waals surface area contributed by atoms with E-state index < -0.39 is 0 Å². The average Bonchev–Trinajstić information content (AvgIpc) is 2.69. The predicted molar refractivity (Wildman–Crippen MR) is 118 cm³/mol. The van der Waals surface area contributed by atoms with E-state index >= 15 is 0 Å². The Morgan fingerprint density at radius 1 is 1.18 bits per heavy atom. The molecule has 0 radical (unpaired) electrons. The molecule has 2 aromatic carbocycles. The van der Waals surface area contributed by atoms with Gasteiger partial charge in [-0.3, -0.25) is 9.59 Å². The number of hydrogen-bond acceptors (Lipinski definition) is 4. The topological polar surface area (TPSA) is 67.4 Å². The summed E-state index contributed by atoms with van der Waals surface area (Å²) in [6.45, 7) is 5.71. The molecule has 2 amide bonds. The maximum Gasteiger partial charge on any atom is 0.237 e. The van der Waals surface area contributed by atoms with Crippen molar-refractivity contribution in [2.24, 2.45) is 0 Å². The molecule has 2 aromatic rings. The maximum absolute atomic E-state index is 12.3. The molecule has 1 atom stereocenters. The second-order valence-electron chi connectivity index (χ2n) is 6.34. The standard InChI is InChI=1S/C21H25ClN2O3S/c1-5-15-6-8-16(9-7-15)23-21(26)14(3)28-12-20(25)24-18-10-13(2)17(22)11-19(18)27-4/h6-11,14H,5,12H2,1-4H3,(H,23,26)(H,24,25). The van der Waals surface area contributed by atoms with Crippen molar-refractivity contribution >= 4 is 46.6 Å². The molecular formula is C21H25ClN2O3S. The van der Waals surface area contributed by atoms with E-state index in [0.717, 1.165) is 17.7 Å². The van der Waals surface area contributed by atoms with Gasteiger partial charge in [-0.15, -0.1) is 11.8 Å². The summed E-state index contributed by atoms with van der Waals surface area (Å²) >= 11 is 7.35. The first-order valence-corrected chi connectivity index (χ1v) is 10.4. The lowest BCUT2D eigenvalue weighted by Crippen LogP contribution is -2.25. The fourth-order valence-electron chi connectivity index (χ4n) is 2.46. The van der Waals surface area contributed by atoms with Gasteiger partial charge in [0, 0.05) is 16.8 Å². The fraction of sp³-hybridized carbons (Fsp3) is 0.333. The second kappa shape index (κ2) is 10.4. The molecule has 0 bridgehead atoms. The van der Waals surface area contributed by atoms with Crippen molar-refractivity contribution in [1.29, 1.82) is 0 Å². The number of amides is 2. The maximum atomic E-state index is 12.3. The molecular weight excluding hydrogens is 396 g/mol. The lowest BCUT2D eigenvalue weighted by molar-refractivity contribution is -0.115. The van der Waals surface area contributed by atoms with Gasteiger partial charge >= 0.3 is 0 Å². The first-order chi connectivity index (χ1) is 13.3. The van der Waals surface area contributed by atoms with Crippen molar-refractivity contribution in [3.8, 4) is 5.75 Å². The highest BCUT2D eigenvalue weighted by Crippen LogP contribution is 2.31. The zero-order chi connectivity index (χ0) is 20.7. The molecule has 7 heteroatoms. The van der Waals surface area contributed by atoms with Gasteiger partial charge in [-0.25, -0.2) is 0 Å². The number of halogens is 1. The Kier molecular flexibility index (Phi) is 8.20. The van der Waals surface area contributed by atoms with Gasteiger partial charge in [0.15, 0.2) is 0 Å². The first-order valence-electron chi connectivity index (χ1n) is 8.99. The lowest BCUT2D eigenvalue weighted by atomic mass is 10.1. The number of carbonyl (C=O) groups excluding carboxylic acids is 2. The smallest absolute Gasteiger partial charge is 0.237 e. The number of ether oxygens (including phenoxy) is 1. The summed E-state index contributed by atoms with van der Waals surface area (Å²) in [5.41, 5.74) is 3.36. The van der Waals surface area contributed by atoms with Crippen LogP contribution >= 0.6 is 23.4 Å². The normalized spacial score (nSPS) is 11.6. The minimum absolute atomic E-state index is 0.137. The molecule has 0 aliphatic carbocycles. The van der Waals surface area contributed by atoms with Gasteiger partial charge in [0.25, 0.3) is 0 Å². The van der Waals surface area contributed by atoms with Gasteiger partial charge in [-0.05, 0) is 49.6 Å². The summed E-state index contributed by atoms with van der Waals surface area (Å²) in [5, 5.41) is 5.88. The zero-order valence-electron chi connectivity index (χ0n) is 16.5. The molecule has 0 spiro atoms. The molecule has 1 unspecified atom stereocenters. The van der Waals surface area contributed by atoms with E-state index in [1.54, 1.807) is 19.1 Å². The van der Waals surface area contributed by atoms with Crippen molar-refractivity contribution in [3.05, 3.63) is 52.5 Å². The summed E-state index contributed by atoms with van der Waals surface area (Å²) in [5.74, 6) is 0.294. The highest BCUT2D eigenvalue weighted by Gasteiger charge is 2.17. The summed E-state index contributed by atoms with van der Waals surface area (Å²) in [4.78, 5) is 24.6. The molecule has 0 aliphatic heterocycles. The van der Waals surface area contributed by atoms with Crippen LogP contribution < -0.4 is 15.4 Å². The van der Waals surface area contributed by atoms with Crippen LogP contribution in [0.15, 0.2) is 36.4 Å². The number of anilines is 2. The third kappa shape index (κ3) is 6.17. The molecule has 2 N–H and O–H groups in total. The molecule has 0 heterocycles. The minimum atomic E-state index is -0.370. The van der Waals surface area contributed by atoms with Crippen LogP contribution in [0.5, 0.6) is 5.75 Å². The Labute approximate surface area is 175 Å². The van der Waals surface area contributed by atoms with Crippen molar-refractivity contribution < 1.29 is 14.3 Å². The number of aryl methyl sites for hydroxylation is 2. The van der Waals surface area contributed by atoms with E-state index in [1.807, 2.05) is 31.2 Å². The Balaban J connectivity index is 1.87. The number of benzene rings is 2. The van der Waals surface area contributed by atoms with Gasteiger partial charge in [0.1, 0.15) is 5.75 Å². The quantitative estimate of drug-likeness (QED) is 0.636. The van der Waals surface area contributed by atoms with E-state index in [-0.39, 0.29) is 22.8 Å². The second-order valence-corrected chi connectivity index (χ2v) is 8.08. The highest BCUT2D eigenvalue weighted by molar-refractivity contribution is 8.01. The Morgan fingerprint density at radius 3 is 2.46 bits per heavy atom. The van der Waals surface area contributed by atoms with E-state index in [4.69, 9.17) is 16.3 Å². The third-order valence-electron chi connectivity index (χ3n) is 4.22. The van der Waals surface area contributed by atoms with Crippen LogP contribution in [0.2, 0.25) is 5.02 Å². The summed E-state index contributed by atoms with van der Waals surface area (Å²) in [7, 11) is 1.52. The van der Waals surface area contributed by atoms with Crippen molar-refractivity contribution in [2.45, 2.75) is 32.4 Å². The van der Waals surface area contributed by atoms with E-state index in [2.05, 4.69) is 17.6 Å². The number of thioether (sulfide) groups is 1. The number of nitrogens with one attached hydrogen (secondary N) is 2. The fourth-order valence-corrected chi connectivity index (χ4v) is 3.30. The number of hydrogen-bond donors (Lipinski definition) is 2. The van der Waals surface area contributed by atoms with E-state index in [0.29, 0.717) is 16.5 Å². The minimum Gasteiger partial charge on any atom is -0.495 e. The van der Waals surface area contributed by atoms with Crippen LogP contribution in [0.1, 0.15) is 25.0 Å². The molecule has 5 nitrogen and oxygen atoms in total. The van der Waals surface area contributed by atoms with Crippen LogP contribution in [0.4, 0.5) is 11.4 Å². The summed E-state index contributed by atoms with van der Waals surface area (Å²) in [6, 6.07) is 11.2. The van der Waals surface area contributed by atoms with Gasteiger partial charge < -0.3 is 15.4 Å². The molecule has 0 saturated carbocycles. The lowest BCUT2D eigenvalue weighted by Gasteiger charge is -2.14. The van der Waals surface area contributed by atoms with Gasteiger partial charge in [0.05, 0.1) is 23.8 Å². The monoisotopic (exact) mass is 420 g/mol. The van der Waals surface area contributed by atoms with Gasteiger partial charge in [-0.1, -0.05) is 30.7 Å². The van der Waals surface area contributed by atoms with E-state index in [1.165, 1.54) is 24.4 Å². The predicted octanol–water partition coefficient (Wildman–Crippen LogP) is 4.92. The van der Waals surface area contributed by atoms with Crippen LogP contribution in [0.3, 0.4) is 0 Å². The largest absolute Gasteiger partial charge is 0.495 e. The summed E-state index contributed by atoms with van der Waals surface area (Å²) in [6.07, 6.45) is 0.952. The van der Waals surface area contributed by atoms with Gasteiger partial charge in [0.2, 0.25) is 11.8 Å². The Hall–Kier alpha value is -2.18. The average molecular weight is 421 g/mol. The number of methoxy groups -OCH3 is 1. The molecule has 150 valence electrons. The number of rotatable bonds is 8. The zero-order valence-corrected chi connectivity index (χ0v) is 18.0. The molecule has 28 heavy (non-hydrogen) atoms. The molecule has 0 aromatic heterocycles. The molecule has 0 saturated heterocycles. The molecule has 2 rings (SSSR count).